The minimum absolute atomic E-state index is 0.0339. The molecule has 0 saturated carbocycles. The minimum atomic E-state index is -3.63. The van der Waals surface area contributed by atoms with Crippen LogP contribution in [0.5, 0.6) is 0 Å². The maximum atomic E-state index is 13.1. The molecule has 1 saturated heterocycles. The van der Waals surface area contributed by atoms with Crippen LogP contribution < -0.4 is 5.32 Å². The molecule has 2 N–H and O–H groups in total. The molecule has 1 atom stereocenters. The SMILES string of the molecule is CC#Cc1ccc2c(c1)-c1cc3c(cc1S2(=O)=O)C[C@]31CS(=O)(=O)C(C)(C)C(=N)N1. The summed E-state index contributed by atoms with van der Waals surface area (Å²) in [5.74, 6) is 5.62. The van der Waals surface area contributed by atoms with Crippen molar-refractivity contribution in [2.45, 2.75) is 47.3 Å². The van der Waals surface area contributed by atoms with Gasteiger partial charge in [-0.05, 0) is 62.2 Å². The fraction of sp³-hybridized carbons (Fsp3) is 0.318. The highest BCUT2D eigenvalue weighted by Gasteiger charge is 2.57. The van der Waals surface area contributed by atoms with Crippen LogP contribution >= 0.6 is 0 Å². The first kappa shape index (κ1) is 19.3. The highest BCUT2D eigenvalue weighted by atomic mass is 32.2. The molecule has 0 radical (unpaired) electrons. The van der Waals surface area contributed by atoms with Crippen molar-refractivity contribution in [3.8, 4) is 23.0 Å². The average molecular weight is 441 g/mol. The minimum Gasteiger partial charge on any atom is -0.362 e. The van der Waals surface area contributed by atoms with E-state index in [1.54, 1.807) is 37.3 Å². The Morgan fingerprint density at radius 2 is 1.73 bits per heavy atom. The molecule has 2 heterocycles. The second-order valence-corrected chi connectivity index (χ2v) is 13.0. The third kappa shape index (κ3) is 2.22. The van der Waals surface area contributed by atoms with Gasteiger partial charge in [0, 0.05) is 23.1 Å². The zero-order valence-corrected chi connectivity index (χ0v) is 18.4. The molecule has 8 heteroatoms. The molecular formula is C22H20N2O4S2. The Hall–Kier alpha value is -2.63. The van der Waals surface area contributed by atoms with E-state index in [-0.39, 0.29) is 21.4 Å². The molecule has 1 fully saturated rings. The Kier molecular flexibility index (Phi) is 3.57. The van der Waals surface area contributed by atoms with Crippen LogP contribution in [0.2, 0.25) is 0 Å². The molecule has 0 amide bonds. The first-order chi connectivity index (χ1) is 13.9. The van der Waals surface area contributed by atoms with Crippen LogP contribution in [-0.2, 0) is 31.6 Å². The van der Waals surface area contributed by atoms with Gasteiger partial charge in [0.05, 0.1) is 21.1 Å². The van der Waals surface area contributed by atoms with Crippen LogP contribution in [0, 0.1) is 17.3 Å². The molecular weight excluding hydrogens is 420 g/mol. The molecule has 2 aromatic rings. The van der Waals surface area contributed by atoms with E-state index in [0.29, 0.717) is 17.5 Å². The lowest BCUT2D eigenvalue weighted by atomic mass is 9.70. The first-order valence-electron chi connectivity index (χ1n) is 9.52. The molecule has 3 aliphatic rings. The highest BCUT2D eigenvalue weighted by molar-refractivity contribution is 7.93. The summed E-state index contributed by atoms with van der Waals surface area (Å²) in [5.41, 5.74) is 2.54. The Labute approximate surface area is 176 Å². The fourth-order valence-electron chi connectivity index (χ4n) is 4.60. The molecule has 1 spiro atoms. The summed E-state index contributed by atoms with van der Waals surface area (Å²) in [5, 5.41) is 11.4. The van der Waals surface area contributed by atoms with Gasteiger partial charge in [-0.15, -0.1) is 5.92 Å². The van der Waals surface area contributed by atoms with Crippen molar-refractivity contribution >= 4 is 25.5 Å². The van der Waals surface area contributed by atoms with Crippen molar-refractivity contribution in [1.82, 2.24) is 5.32 Å². The van der Waals surface area contributed by atoms with Gasteiger partial charge in [0.2, 0.25) is 9.84 Å². The van der Waals surface area contributed by atoms with Gasteiger partial charge in [-0.3, -0.25) is 5.41 Å². The van der Waals surface area contributed by atoms with Crippen LogP contribution in [0.3, 0.4) is 0 Å². The summed E-state index contributed by atoms with van der Waals surface area (Å²) in [7, 11) is -7.18. The number of hydrogen-bond acceptors (Lipinski definition) is 5. The van der Waals surface area contributed by atoms with Crippen molar-refractivity contribution in [3.63, 3.8) is 0 Å². The summed E-state index contributed by atoms with van der Waals surface area (Å²) in [6, 6.07) is 8.49. The highest BCUT2D eigenvalue weighted by Crippen LogP contribution is 2.51. The number of nitrogens with one attached hydrogen (secondary N) is 2. The predicted molar refractivity (Wildman–Crippen MR) is 114 cm³/mol. The van der Waals surface area contributed by atoms with Gasteiger partial charge >= 0.3 is 0 Å². The molecule has 0 unspecified atom stereocenters. The topological polar surface area (TPSA) is 104 Å². The van der Waals surface area contributed by atoms with Crippen molar-refractivity contribution in [3.05, 3.63) is 47.0 Å². The Morgan fingerprint density at radius 1 is 1.03 bits per heavy atom. The van der Waals surface area contributed by atoms with Crippen LogP contribution in [0.1, 0.15) is 37.5 Å². The quantitative estimate of drug-likeness (QED) is 0.523. The maximum absolute atomic E-state index is 13.1. The number of hydrogen-bond donors (Lipinski definition) is 2. The number of benzene rings is 2. The van der Waals surface area contributed by atoms with Gasteiger partial charge in [-0.1, -0.05) is 5.92 Å². The van der Waals surface area contributed by atoms with E-state index in [4.69, 9.17) is 5.41 Å². The van der Waals surface area contributed by atoms with Gasteiger partial charge in [0.15, 0.2) is 9.84 Å². The first-order valence-corrected chi connectivity index (χ1v) is 12.7. The normalized spacial score (nSPS) is 25.8. The smallest absolute Gasteiger partial charge is 0.207 e. The zero-order valence-electron chi connectivity index (χ0n) is 16.8. The molecule has 1 aliphatic carbocycles. The van der Waals surface area contributed by atoms with E-state index < -0.39 is 30.0 Å². The second kappa shape index (κ2) is 5.54. The summed E-state index contributed by atoms with van der Waals surface area (Å²) in [4.78, 5) is 0.498. The molecule has 30 heavy (non-hydrogen) atoms. The number of rotatable bonds is 0. The maximum Gasteiger partial charge on any atom is 0.207 e. The average Bonchev–Trinajstić information content (AvgIpc) is 2.86. The lowest BCUT2D eigenvalue weighted by molar-refractivity contribution is 0.356. The van der Waals surface area contributed by atoms with E-state index in [9.17, 15) is 16.8 Å². The molecule has 2 aromatic carbocycles. The molecule has 5 rings (SSSR count). The summed E-state index contributed by atoms with van der Waals surface area (Å²) < 4.78 is 50.6. The molecule has 154 valence electrons. The molecule has 2 aliphatic heterocycles. The van der Waals surface area contributed by atoms with Crippen molar-refractivity contribution < 1.29 is 16.8 Å². The third-order valence-electron chi connectivity index (χ3n) is 6.51. The second-order valence-electron chi connectivity index (χ2n) is 8.62. The van der Waals surface area contributed by atoms with Gasteiger partial charge in [0.1, 0.15) is 10.6 Å². The lowest BCUT2D eigenvalue weighted by Crippen LogP contribution is -2.68. The van der Waals surface area contributed by atoms with Crippen LogP contribution in [-0.4, -0.2) is 33.2 Å². The van der Waals surface area contributed by atoms with E-state index in [1.807, 2.05) is 0 Å². The van der Waals surface area contributed by atoms with Crippen LogP contribution in [0.25, 0.3) is 11.1 Å². The van der Waals surface area contributed by atoms with Gasteiger partial charge < -0.3 is 5.32 Å². The number of amidine groups is 1. The third-order valence-corrected chi connectivity index (χ3v) is 11.0. The fourth-order valence-corrected chi connectivity index (χ4v) is 8.00. The van der Waals surface area contributed by atoms with Crippen molar-refractivity contribution in [1.29, 1.82) is 5.41 Å². The van der Waals surface area contributed by atoms with Crippen LogP contribution in [0.4, 0.5) is 0 Å². The Morgan fingerprint density at radius 3 is 2.40 bits per heavy atom. The summed E-state index contributed by atoms with van der Waals surface area (Å²) in [6.07, 6.45) is 0.367. The molecule has 6 nitrogen and oxygen atoms in total. The Bertz CT molecular complexity index is 1460. The van der Waals surface area contributed by atoms with Gasteiger partial charge in [-0.2, -0.15) is 0 Å². The molecule has 0 bridgehead atoms. The van der Waals surface area contributed by atoms with Crippen molar-refractivity contribution in [2.24, 2.45) is 0 Å². The monoisotopic (exact) mass is 440 g/mol. The van der Waals surface area contributed by atoms with E-state index in [2.05, 4.69) is 17.2 Å². The number of sulfone groups is 2. The largest absolute Gasteiger partial charge is 0.362 e. The number of fused-ring (bicyclic) bond motifs is 5. The Balaban J connectivity index is 1.70. The van der Waals surface area contributed by atoms with Gasteiger partial charge in [-0.25, -0.2) is 16.8 Å². The van der Waals surface area contributed by atoms with Crippen molar-refractivity contribution in [2.75, 3.05) is 5.75 Å². The van der Waals surface area contributed by atoms with E-state index >= 15 is 0 Å². The standard InChI is InChI=1S/C22H20N2O4S2/c1-4-5-13-6-7-18-15(8-13)16-10-17-14(9-19(16)30(18,27)28)11-22(17)12-29(25,26)21(2,3)20(23)24-22/h6-10H,11-12H2,1-3H3,(H2,23,24)/t22-/m0/s1. The summed E-state index contributed by atoms with van der Waals surface area (Å²) >= 11 is 0. The molecule has 0 aromatic heterocycles. The van der Waals surface area contributed by atoms with E-state index in [1.165, 1.54) is 13.8 Å². The zero-order chi connectivity index (χ0) is 21.7. The lowest BCUT2D eigenvalue weighted by Gasteiger charge is -2.51. The van der Waals surface area contributed by atoms with Gasteiger partial charge in [0.25, 0.3) is 0 Å². The summed E-state index contributed by atoms with van der Waals surface area (Å²) in [6.45, 7) is 4.79. The van der Waals surface area contributed by atoms with E-state index in [0.717, 1.165) is 16.7 Å². The van der Waals surface area contributed by atoms with Crippen LogP contribution in [0.15, 0.2) is 40.1 Å². The predicted octanol–water partition coefficient (Wildman–Crippen LogP) is 2.40.